The van der Waals surface area contributed by atoms with E-state index in [0.29, 0.717) is 27.9 Å². The number of aryl methyl sites for hydroxylation is 1. The number of hydrogen-bond acceptors (Lipinski definition) is 2. The van der Waals surface area contributed by atoms with Crippen molar-refractivity contribution in [2.45, 2.75) is 57.8 Å². The molecule has 0 radical (unpaired) electrons. The van der Waals surface area contributed by atoms with Crippen molar-refractivity contribution in [1.29, 1.82) is 5.26 Å². The second-order valence-electron chi connectivity index (χ2n) is 8.11. The Hall–Kier alpha value is -2.75. The Morgan fingerprint density at radius 3 is 2.53 bits per heavy atom. The van der Waals surface area contributed by atoms with Crippen molar-refractivity contribution in [3.63, 3.8) is 0 Å². The molecule has 0 N–H and O–H groups in total. The molecule has 1 fully saturated rings. The Morgan fingerprint density at radius 2 is 1.90 bits per heavy atom. The summed E-state index contributed by atoms with van der Waals surface area (Å²) in [6.45, 7) is 2.88. The SMILES string of the molecule is Cc1cc2c(cc1F)c(C#N)c(C1=CC=CCN1[C@@H](C)C(F)(F)F)n2C1CCCC1. The summed E-state index contributed by atoms with van der Waals surface area (Å²) in [7, 11) is 0. The van der Waals surface area contributed by atoms with Crippen LogP contribution in [0.25, 0.3) is 16.6 Å². The van der Waals surface area contributed by atoms with Crippen LogP contribution >= 0.6 is 0 Å². The van der Waals surface area contributed by atoms with Gasteiger partial charge < -0.3 is 9.47 Å². The summed E-state index contributed by atoms with van der Waals surface area (Å²) in [4.78, 5) is 1.28. The number of fused-ring (bicyclic) bond motifs is 1. The van der Waals surface area contributed by atoms with Gasteiger partial charge in [0, 0.05) is 18.0 Å². The number of aromatic nitrogens is 1. The molecular formula is C23H23F4N3. The monoisotopic (exact) mass is 417 g/mol. The summed E-state index contributed by atoms with van der Waals surface area (Å²) < 4.78 is 57.2. The molecule has 3 nitrogen and oxygen atoms in total. The molecule has 2 aliphatic rings. The minimum absolute atomic E-state index is 0.0734. The molecule has 2 aromatic rings. The van der Waals surface area contributed by atoms with E-state index in [1.807, 2.05) is 4.57 Å². The number of rotatable bonds is 3. The molecular weight excluding hydrogens is 394 g/mol. The smallest absolute Gasteiger partial charge is 0.354 e. The summed E-state index contributed by atoms with van der Waals surface area (Å²) in [5, 5.41) is 10.4. The van der Waals surface area contributed by atoms with Crippen molar-refractivity contribution in [3.05, 3.63) is 53.0 Å². The maximum Gasteiger partial charge on any atom is 0.408 e. The highest BCUT2D eigenvalue weighted by molar-refractivity contribution is 5.93. The Kier molecular flexibility index (Phi) is 5.13. The third kappa shape index (κ3) is 3.28. The van der Waals surface area contributed by atoms with Crippen molar-refractivity contribution in [2.75, 3.05) is 6.54 Å². The average molecular weight is 417 g/mol. The van der Waals surface area contributed by atoms with Gasteiger partial charge in [-0.3, -0.25) is 0 Å². The van der Waals surface area contributed by atoms with E-state index in [1.165, 1.54) is 11.0 Å². The summed E-state index contributed by atoms with van der Waals surface area (Å²) in [6, 6.07) is 3.58. The molecule has 0 unspecified atom stereocenters. The quantitative estimate of drug-likeness (QED) is 0.554. The van der Waals surface area contributed by atoms with E-state index in [-0.39, 0.29) is 18.2 Å². The largest absolute Gasteiger partial charge is 0.408 e. The first-order valence-corrected chi connectivity index (χ1v) is 10.2. The van der Waals surface area contributed by atoms with E-state index in [2.05, 4.69) is 6.07 Å². The van der Waals surface area contributed by atoms with Crippen LogP contribution < -0.4 is 0 Å². The van der Waals surface area contributed by atoms with Crippen LogP contribution in [0.15, 0.2) is 30.4 Å². The Morgan fingerprint density at radius 1 is 1.20 bits per heavy atom. The van der Waals surface area contributed by atoms with Gasteiger partial charge in [0.25, 0.3) is 0 Å². The number of nitrogens with zero attached hydrogens (tertiary/aromatic N) is 3. The van der Waals surface area contributed by atoms with Crippen LogP contribution in [0, 0.1) is 24.1 Å². The van der Waals surface area contributed by atoms with E-state index >= 15 is 0 Å². The molecule has 30 heavy (non-hydrogen) atoms. The highest BCUT2D eigenvalue weighted by atomic mass is 19.4. The topological polar surface area (TPSA) is 32.0 Å². The van der Waals surface area contributed by atoms with Gasteiger partial charge in [-0.05, 0) is 50.5 Å². The number of allylic oxidation sites excluding steroid dienone is 2. The maximum atomic E-state index is 14.4. The molecule has 1 saturated carbocycles. The fourth-order valence-electron chi connectivity index (χ4n) is 4.63. The highest BCUT2D eigenvalue weighted by Gasteiger charge is 2.42. The van der Waals surface area contributed by atoms with Crippen LogP contribution in [0.3, 0.4) is 0 Å². The van der Waals surface area contributed by atoms with Crippen molar-refractivity contribution in [1.82, 2.24) is 9.47 Å². The van der Waals surface area contributed by atoms with Gasteiger partial charge in [0.05, 0.1) is 22.5 Å². The molecule has 2 heterocycles. The fourth-order valence-corrected chi connectivity index (χ4v) is 4.63. The molecule has 0 amide bonds. The summed E-state index contributed by atoms with van der Waals surface area (Å²) in [6.07, 6.45) is 4.43. The highest BCUT2D eigenvalue weighted by Crippen LogP contribution is 2.42. The standard InChI is InChI=1S/C23H23F4N3/c1-14-11-21-17(12-19(14)24)18(13-28)22(30(21)16-7-3-4-8-16)20-9-5-6-10-29(20)15(2)23(25,26)27/h5-6,9,11-12,15-16H,3-4,7-8,10H2,1-2H3/t15-/m0/s1. The summed E-state index contributed by atoms with van der Waals surface area (Å²) in [5.41, 5.74) is 2.22. The van der Waals surface area contributed by atoms with E-state index in [1.54, 1.807) is 31.2 Å². The van der Waals surface area contributed by atoms with E-state index in [0.717, 1.165) is 32.6 Å². The molecule has 0 spiro atoms. The number of benzene rings is 1. The lowest BCUT2D eigenvalue weighted by Gasteiger charge is -2.36. The Labute approximate surface area is 172 Å². The van der Waals surface area contributed by atoms with Gasteiger partial charge in [-0.1, -0.05) is 25.0 Å². The van der Waals surface area contributed by atoms with Gasteiger partial charge in [0.15, 0.2) is 0 Å². The second-order valence-corrected chi connectivity index (χ2v) is 8.11. The Bertz CT molecular complexity index is 1080. The number of nitriles is 1. The lowest BCUT2D eigenvalue weighted by Crippen LogP contribution is -2.43. The van der Waals surface area contributed by atoms with Crippen molar-refractivity contribution in [2.24, 2.45) is 0 Å². The van der Waals surface area contributed by atoms with E-state index in [9.17, 15) is 22.8 Å². The summed E-state index contributed by atoms with van der Waals surface area (Å²) in [5.74, 6) is -0.424. The van der Waals surface area contributed by atoms with Gasteiger partial charge >= 0.3 is 6.18 Å². The Balaban J connectivity index is 2.01. The number of alkyl halides is 3. The molecule has 1 aliphatic carbocycles. The zero-order valence-corrected chi connectivity index (χ0v) is 16.9. The zero-order valence-electron chi connectivity index (χ0n) is 16.9. The molecule has 158 valence electrons. The number of halogens is 4. The molecule has 4 rings (SSSR count). The maximum absolute atomic E-state index is 14.4. The molecule has 1 atom stereocenters. The first kappa shape index (κ1) is 20.5. The molecule has 7 heteroatoms. The minimum atomic E-state index is -4.41. The molecule has 1 aromatic heterocycles. The van der Waals surface area contributed by atoms with Gasteiger partial charge in [0.2, 0.25) is 0 Å². The van der Waals surface area contributed by atoms with Crippen molar-refractivity contribution < 1.29 is 17.6 Å². The third-order valence-electron chi connectivity index (χ3n) is 6.27. The van der Waals surface area contributed by atoms with E-state index < -0.39 is 18.0 Å². The predicted molar refractivity (Wildman–Crippen MR) is 108 cm³/mol. The van der Waals surface area contributed by atoms with Crippen LogP contribution in [0.1, 0.15) is 55.5 Å². The molecule has 1 aromatic carbocycles. The van der Waals surface area contributed by atoms with Crippen LogP contribution in [0.5, 0.6) is 0 Å². The fraction of sp³-hybridized carbons (Fsp3) is 0.435. The van der Waals surface area contributed by atoms with Gasteiger partial charge in [-0.25, -0.2) is 4.39 Å². The first-order valence-electron chi connectivity index (χ1n) is 10.2. The molecule has 1 aliphatic heterocycles. The lowest BCUT2D eigenvalue weighted by molar-refractivity contribution is -0.169. The minimum Gasteiger partial charge on any atom is -0.354 e. The third-order valence-corrected chi connectivity index (χ3v) is 6.27. The lowest BCUT2D eigenvalue weighted by atomic mass is 10.0. The van der Waals surface area contributed by atoms with Gasteiger partial charge in [-0.15, -0.1) is 0 Å². The average Bonchev–Trinajstić information content (AvgIpc) is 3.33. The van der Waals surface area contributed by atoms with Crippen LogP contribution in [-0.2, 0) is 0 Å². The zero-order chi connectivity index (χ0) is 21.6. The second kappa shape index (κ2) is 7.50. The van der Waals surface area contributed by atoms with Crippen molar-refractivity contribution in [3.8, 4) is 6.07 Å². The number of hydrogen-bond donors (Lipinski definition) is 0. The van der Waals surface area contributed by atoms with Gasteiger partial charge in [-0.2, -0.15) is 18.4 Å². The van der Waals surface area contributed by atoms with Gasteiger partial charge in [0.1, 0.15) is 17.9 Å². The van der Waals surface area contributed by atoms with Crippen LogP contribution in [0.2, 0.25) is 0 Å². The molecule has 0 saturated heterocycles. The summed E-state index contributed by atoms with van der Waals surface area (Å²) >= 11 is 0. The molecule has 0 bridgehead atoms. The van der Waals surface area contributed by atoms with Crippen LogP contribution in [0.4, 0.5) is 17.6 Å². The van der Waals surface area contributed by atoms with Crippen LogP contribution in [-0.4, -0.2) is 28.2 Å². The predicted octanol–water partition coefficient (Wildman–Crippen LogP) is 6.24. The first-order chi connectivity index (χ1) is 14.2. The normalized spacial score (nSPS) is 18.7. The van der Waals surface area contributed by atoms with Crippen molar-refractivity contribution >= 4 is 16.6 Å². The van der Waals surface area contributed by atoms with E-state index in [4.69, 9.17) is 0 Å².